The molecule has 1 aliphatic rings. The normalized spacial score (nSPS) is 15.2. The molecule has 1 aliphatic heterocycles. The summed E-state index contributed by atoms with van der Waals surface area (Å²) in [5.74, 6) is 0.790. The van der Waals surface area contributed by atoms with E-state index < -0.39 is 0 Å². The van der Waals surface area contributed by atoms with E-state index in [1.54, 1.807) is 6.07 Å². The molecule has 21 heavy (non-hydrogen) atoms. The molecule has 0 aromatic heterocycles. The van der Waals surface area contributed by atoms with Crippen LogP contribution in [-0.2, 0) is 6.42 Å². The Morgan fingerprint density at radius 1 is 1.19 bits per heavy atom. The van der Waals surface area contributed by atoms with Crippen LogP contribution in [0.2, 0.25) is 0 Å². The third-order valence-electron chi connectivity index (χ3n) is 4.02. The van der Waals surface area contributed by atoms with Crippen LogP contribution in [0.1, 0.15) is 34.7 Å². The molecule has 2 nitrogen and oxygen atoms in total. The maximum absolute atomic E-state index is 14.2. The Morgan fingerprint density at radius 2 is 2.05 bits per heavy atom. The largest absolute Gasteiger partial charge is 0.493 e. The summed E-state index contributed by atoms with van der Waals surface area (Å²) in [6, 6.07) is 11.3. The molecule has 2 aromatic rings. The molecule has 1 unspecified atom stereocenters. The quantitative estimate of drug-likeness (QED) is 0.927. The van der Waals surface area contributed by atoms with Gasteiger partial charge >= 0.3 is 0 Å². The number of rotatable bonds is 3. The Labute approximate surface area is 125 Å². The highest BCUT2D eigenvalue weighted by atomic mass is 19.1. The number of aryl methyl sites for hydroxylation is 2. The number of benzene rings is 2. The zero-order valence-corrected chi connectivity index (χ0v) is 12.4. The number of fused-ring (bicyclic) bond motifs is 1. The average Bonchev–Trinajstić information content (AvgIpc) is 2.51. The third-order valence-corrected chi connectivity index (χ3v) is 4.02. The van der Waals surface area contributed by atoms with E-state index in [1.165, 1.54) is 11.6 Å². The SMILES string of the molecule is CNC(c1ccc2c(c1)CCCO2)c1cc(C)ccc1F. The van der Waals surface area contributed by atoms with Crippen molar-refractivity contribution in [1.29, 1.82) is 0 Å². The van der Waals surface area contributed by atoms with Gasteiger partial charge in [0.05, 0.1) is 12.6 Å². The lowest BCUT2D eigenvalue weighted by molar-refractivity contribution is 0.288. The van der Waals surface area contributed by atoms with Gasteiger partial charge in [-0.05, 0) is 50.1 Å². The summed E-state index contributed by atoms with van der Waals surface area (Å²) in [5.41, 5.74) is 4.04. The van der Waals surface area contributed by atoms with Crippen LogP contribution in [-0.4, -0.2) is 13.7 Å². The molecule has 0 aliphatic carbocycles. The molecule has 1 heterocycles. The number of hydrogen-bond acceptors (Lipinski definition) is 2. The molecule has 110 valence electrons. The average molecular weight is 285 g/mol. The van der Waals surface area contributed by atoms with Crippen LogP contribution in [0, 0.1) is 12.7 Å². The van der Waals surface area contributed by atoms with Crippen LogP contribution < -0.4 is 10.1 Å². The first-order valence-electron chi connectivity index (χ1n) is 7.38. The maximum atomic E-state index is 14.2. The zero-order valence-electron chi connectivity index (χ0n) is 12.4. The Bertz CT molecular complexity index is 654. The van der Waals surface area contributed by atoms with E-state index in [1.807, 2.05) is 32.2 Å². The lowest BCUT2D eigenvalue weighted by Crippen LogP contribution is -2.20. The van der Waals surface area contributed by atoms with Crippen molar-refractivity contribution in [3.63, 3.8) is 0 Å². The Hall–Kier alpha value is -1.87. The molecule has 0 amide bonds. The monoisotopic (exact) mass is 285 g/mol. The van der Waals surface area contributed by atoms with Crippen LogP contribution in [0.5, 0.6) is 5.75 Å². The van der Waals surface area contributed by atoms with Crippen molar-refractivity contribution < 1.29 is 9.13 Å². The minimum absolute atomic E-state index is 0.142. The minimum Gasteiger partial charge on any atom is -0.493 e. The van der Waals surface area contributed by atoms with Gasteiger partial charge in [0.25, 0.3) is 0 Å². The summed E-state index contributed by atoms with van der Waals surface area (Å²) < 4.78 is 19.8. The highest BCUT2D eigenvalue weighted by molar-refractivity contribution is 5.43. The van der Waals surface area contributed by atoms with Crippen molar-refractivity contribution >= 4 is 0 Å². The van der Waals surface area contributed by atoms with Crippen molar-refractivity contribution in [2.75, 3.05) is 13.7 Å². The van der Waals surface area contributed by atoms with E-state index in [0.717, 1.165) is 36.3 Å². The molecular formula is C18H20FNO. The summed E-state index contributed by atoms with van der Waals surface area (Å²) in [5, 5.41) is 3.23. The van der Waals surface area contributed by atoms with Gasteiger partial charge in [0.1, 0.15) is 11.6 Å². The van der Waals surface area contributed by atoms with Crippen molar-refractivity contribution in [3.05, 3.63) is 64.5 Å². The van der Waals surface area contributed by atoms with E-state index >= 15 is 0 Å². The van der Waals surface area contributed by atoms with Crippen LogP contribution in [0.15, 0.2) is 36.4 Å². The lowest BCUT2D eigenvalue weighted by Gasteiger charge is -2.22. The fourth-order valence-electron chi connectivity index (χ4n) is 2.95. The summed E-state index contributed by atoms with van der Waals surface area (Å²) in [6.07, 6.45) is 2.06. The molecule has 0 saturated heterocycles. The van der Waals surface area contributed by atoms with Crippen LogP contribution in [0.25, 0.3) is 0 Å². The van der Waals surface area contributed by atoms with E-state index in [4.69, 9.17) is 4.74 Å². The van der Waals surface area contributed by atoms with E-state index in [9.17, 15) is 4.39 Å². The summed E-state index contributed by atoms with van der Waals surface area (Å²) in [6.45, 7) is 2.77. The molecule has 3 heteroatoms. The zero-order chi connectivity index (χ0) is 14.8. The highest BCUT2D eigenvalue weighted by Crippen LogP contribution is 2.31. The van der Waals surface area contributed by atoms with E-state index in [-0.39, 0.29) is 11.9 Å². The minimum atomic E-state index is -0.172. The second-order valence-electron chi connectivity index (χ2n) is 5.57. The molecular weight excluding hydrogens is 265 g/mol. The van der Waals surface area contributed by atoms with Gasteiger partial charge in [-0.3, -0.25) is 0 Å². The fourth-order valence-corrected chi connectivity index (χ4v) is 2.95. The van der Waals surface area contributed by atoms with Crippen LogP contribution in [0.4, 0.5) is 4.39 Å². The molecule has 2 aromatic carbocycles. The second kappa shape index (κ2) is 5.86. The standard InChI is InChI=1S/C18H20FNO/c1-12-5-7-16(19)15(10-12)18(20-2)14-6-8-17-13(11-14)4-3-9-21-17/h5-8,10-11,18,20H,3-4,9H2,1-2H3. The van der Waals surface area contributed by atoms with Crippen LogP contribution in [0.3, 0.4) is 0 Å². The summed E-state index contributed by atoms with van der Waals surface area (Å²) in [4.78, 5) is 0. The topological polar surface area (TPSA) is 21.3 Å². The van der Waals surface area contributed by atoms with Crippen molar-refractivity contribution in [1.82, 2.24) is 5.32 Å². The number of ether oxygens (including phenoxy) is 1. The van der Waals surface area contributed by atoms with Gasteiger partial charge in [0.2, 0.25) is 0 Å². The molecule has 0 saturated carbocycles. The summed E-state index contributed by atoms with van der Waals surface area (Å²) in [7, 11) is 1.86. The lowest BCUT2D eigenvalue weighted by atomic mass is 9.94. The Kier molecular flexibility index (Phi) is 3.93. The smallest absolute Gasteiger partial charge is 0.128 e. The van der Waals surface area contributed by atoms with Crippen molar-refractivity contribution in [2.24, 2.45) is 0 Å². The Balaban J connectivity index is 2.01. The van der Waals surface area contributed by atoms with Gasteiger partial charge in [0, 0.05) is 5.56 Å². The molecule has 0 radical (unpaired) electrons. The first kappa shape index (κ1) is 14.1. The predicted molar refractivity (Wildman–Crippen MR) is 82.3 cm³/mol. The van der Waals surface area contributed by atoms with E-state index in [0.29, 0.717) is 5.56 Å². The molecule has 3 rings (SSSR count). The molecule has 1 atom stereocenters. The van der Waals surface area contributed by atoms with Gasteiger partial charge in [-0.2, -0.15) is 0 Å². The number of hydrogen-bond donors (Lipinski definition) is 1. The first-order chi connectivity index (χ1) is 10.2. The highest BCUT2D eigenvalue weighted by Gasteiger charge is 2.19. The van der Waals surface area contributed by atoms with Crippen molar-refractivity contribution in [2.45, 2.75) is 25.8 Å². The van der Waals surface area contributed by atoms with Crippen molar-refractivity contribution in [3.8, 4) is 5.75 Å². The molecule has 0 bridgehead atoms. The van der Waals surface area contributed by atoms with Gasteiger partial charge < -0.3 is 10.1 Å². The van der Waals surface area contributed by atoms with Crippen LogP contribution >= 0.6 is 0 Å². The molecule has 0 fully saturated rings. The first-order valence-corrected chi connectivity index (χ1v) is 7.38. The fraction of sp³-hybridized carbons (Fsp3) is 0.333. The summed E-state index contributed by atoms with van der Waals surface area (Å²) >= 11 is 0. The predicted octanol–water partition coefficient (Wildman–Crippen LogP) is 3.77. The molecule has 0 spiro atoms. The Morgan fingerprint density at radius 3 is 2.86 bits per heavy atom. The van der Waals surface area contributed by atoms with Gasteiger partial charge in [0.15, 0.2) is 0 Å². The van der Waals surface area contributed by atoms with Gasteiger partial charge in [-0.15, -0.1) is 0 Å². The molecule has 1 N–H and O–H groups in total. The van der Waals surface area contributed by atoms with Gasteiger partial charge in [-0.25, -0.2) is 4.39 Å². The van der Waals surface area contributed by atoms with E-state index in [2.05, 4.69) is 11.4 Å². The third kappa shape index (κ3) is 2.79. The number of nitrogens with one attached hydrogen (secondary N) is 1. The maximum Gasteiger partial charge on any atom is 0.128 e. The number of halogens is 1. The van der Waals surface area contributed by atoms with Gasteiger partial charge in [-0.1, -0.05) is 29.8 Å². The second-order valence-corrected chi connectivity index (χ2v) is 5.57.